The van der Waals surface area contributed by atoms with E-state index >= 15 is 0 Å². The predicted octanol–water partition coefficient (Wildman–Crippen LogP) is 4.80. The molecule has 1 amide bonds. The van der Waals surface area contributed by atoms with E-state index < -0.39 is 0 Å². The fourth-order valence-electron chi connectivity index (χ4n) is 4.05. The number of anilines is 1. The summed E-state index contributed by atoms with van der Waals surface area (Å²) in [5.74, 6) is 0.793. The first-order valence-electron chi connectivity index (χ1n) is 10.9. The van der Waals surface area contributed by atoms with E-state index in [1.807, 2.05) is 25.3 Å². The lowest BCUT2D eigenvalue weighted by Crippen LogP contribution is -2.26. The van der Waals surface area contributed by atoms with Gasteiger partial charge in [0.25, 0.3) is 5.91 Å². The minimum atomic E-state index is 0.0138. The number of aromatic nitrogens is 3. The summed E-state index contributed by atoms with van der Waals surface area (Å²) < 4.78 is 2.17. The van der Waals surface area contributed by atoms with Gasteiger partial charge in [-0.1, -0.05) is 6.07 Å². The summed E-state index contributed by atoms with van der Waals surface area (Å²) in [7, 11) is 0. The average molecular weight is 414 g/mol. The van der Waals surface area contributed by atoms with Crippen molar-refractivity contribution in [3.05, 3.63) is 58.8 Å². The number of hydrogen-bond acceptors (Lipinski definition) is 4. The molecule has 1 fully saturated rings. The van der Waals surface area contributed by atoms with E-state index in [1.165, 1.54) is 11.1 Å². The molecule has 0 aliphatic heterocycles. The number of nitrogens with zero attached hydrogens (tertiary/aromatic N) is 3. The van der Waals surface area contributed by atoms with Crippen molar-refractivity contribution in [2.24, 2.45) is 0 Å². The van der Waals surface area contributed by atoms with Gasteiger partial charge in [-0.25, -0.2) is 9.97 Å². The van der Waals surface area contributed by atoms with Crippen LogP contribution in [0.5, 0.6) is 0 Å². The number of hydrogen-bond donors (Lipinski definition) is 2. The normalized spacial score (nSPS) is 13.7. The van der Waals surface area contributed by atoms with Gasteiger partial charge in [0, 0.05) is 23.7 Å². The highest BCUT2D eigenvalue weighted by atomic mass is 16.1. The maximum Gasteiger partial charge on any atom is 0.251 e. The highest BCUT2D eigenvalue weighted by molar-refractivity contribution is 5.96. The van der Waals surface area contributed by atoms with Crippen molar-refractivity contribution < 1.29 is 4.79 Å². The van der Waals surface area contributed by atoms with Crippen LogP contribution < -0.4 is 10.6 Å². The van der Waals surface area contributed by atoms with Crippen molar-refractivity contribution in [3.8, 4) is 11.3 Å². The molecule has 0 radical (unpaired) electrons. The minimum Gasteiger partial charge on any atom is -0.367 e. The molecule has 1 saturated carbocycles. The van der Waals surface area contributed by atoms with Gasteiger partial charge in [-0.05, 0) is 81.5 Å². The molecule has 158 valence electrons. The predicted molar refractivity (Wildman–Crippen MR) is 125 cm³/mol. The number of nitrogens with one attached hydrogen (secondary N) is 2. The quantitative estimate of drug-likeness (QED) is 0.493. The molecule has 4 aromatic rings. The van der Waals surface area contributed by atoms with E-state index in [0.29, 0.717) is 6.04 Å². The molecule has 2 aromatic heterocycles. The fourth-order valence-corrected chi connectivity index (χ4v) is 4.05. The molecule has 5 rings (SSSR count). The van der Waals surface area contributed by atoms with Gasteiger partial charge in [0.05, 0.1) is 22.9 Å². The summed E-state index contributed by atoms with van der Waals surface area (Å²) in [6.07, 6.45) is 4.06. The van der Waals surface area contributed by atoms with Gasteiger partial charge >= 0.3 is 0 Å². The van der Waals surface area contributed by atoms with Gasteiger partial charge < -0.3 is 10.6 Å². The zero-order valence-corrected chi connectivity index (χ0v) is 18.4. The third-order valence-electron chi connectivity index (χ3n) is 6.06. The number of rotatable bonds is 5. The molecule has 6 heteroatoms. The van der Waals surface area contributed by atoms with Crippen molar-refractivity contribution in [2.45, 2.75) is 46.6 Å². The zero-order chi connectivity index (χ0) is 21.7. The maximum absolute atomic E-state index is 12.5. The number of amides is 1. The van der Waals surface area contributed by atoms with Crippen molar-refractivity contribution in [1.82, 2.24) is 19.7 Å². The topological polar surface area (TPSA) is 71.3 Å². The number of imidazole rings is 1. The number of carbonyl (C=O) groups is 1. The Morgan fingerprint density at radius 2 is 1.87 bits per heavy atom. The first-order chi connectivity index (χ1) is 15.0. The molecule has 2 N–H and O–H groups in total. The molecule has 1 aliphatic carbocycles. The molecule has 2 aromatic carbocycles. The van der Waals surface area contributed by atoms with Crippen molar-refractivity contribution in [1.29, 1.82) is 0 Å². The summed E-state index contributed by atoms with van der Waals surface area (Å²) in [5, 5.41) is 6.43. The van der Waals surface area contributed by atoms with E-state index in [4.69, 9.17) is 9.97 Å². The van der Waals surface area contributed by atoms with Crippen LogP contribution in [0.15, 0.2) is 36.5 Å². The van der Waals surface area contributed by atoms with Gasteiger partial charge in [-0.2, -0.15) is 0 Å². The van der Waals surface area contributed by atoms with Gasteiger partial charge in [-0.3, -0.25) is 9.20 Å². The SMILES string of the molecule is CCNc1nc2cc(C)c(C)cc2n2c(-c3ccc(C(=O)NC4CC4)c(C)c3)cnc12. The smallest absolute Gasteiger partial charge is 0.251 e. The Hall–Kier alpha value is -3.41. The molecule has 2 heterocycles. The second kappa shape index (κ2) is 7.38. The minimum absolute atomic E-state index is 0.0138. The zero-order valence-electron chi connectivity index (χ0n) is 18.4. The highest BCUT2D eigenvalue weighted by Gasteiger charge is 2.24. The second-order valence-corrected chi connectivity index (χ2v) is 8.50. The second-order valence-electron chi connectivity index (χ2n) is 8.50. The Balaban J connectivity index is 1.68. The maximum atomic E-state index is 12.5. The van der Waals surface area contributed by atoms with Gasteiger partial charge in [0.1, 0.15) is 0 Å². The molecule has 0 unspecified atom stereocenters. The number of carbonyl (C=O) groups excluding carboxylic acids is 1. The Morgan fingerprint density at radius 1 is 1.10 bits per heavy atom. The van der Waals surface area contributed by atoms with E-state index in [-0.39, 0.29) is 5.91 Å². The number of benzene rings is 2. The summed E-state index contributed by atoms with van der Waals surface area (Å²) in [6.45, 7) is 9.04. The van der Waals surface area contributed by atoms with E-state index in [1.54, 1.807) is 0 Å². The Labute approximate surface area is 181 Å². The van der Waals surface area contributed by atoms with Crippen LogP contribution >= 0.6 is 0 Å². The first kappa shape index (κ1) is 19.5. The lowest BCUT2D eigenvalue weighted by atomic mass is 10.0. The summed E-state index contributed by atoms with van der Waals surface area (Å²) in [6, 6.07) is 10.7. The highest BCUT2D eigenvalue weighted by Crippen LogP contribution is 2.31. The van der Waals surface area contributed by atoms with Crippen LogP contribution in [0, 0.1) is 20.8 Å². The van der Waals surface area contributed by atoms with Gasteiger partial charge in [0.15, 0.2) is 11.5 Å². The monoisotopic (exact) mass is 413 g/mol. The van der Waals surface area contributed by atoms with Crippen LogP contribution in [-0.2, 0) is 0 Å². The molecule has 0 atom stereocenters. The van der Waals surface area contributed by atoms with Crippen LogP contribution in [0.1, 0.15) is 46.8 Å². The van der Waals surface area contributed by atoms with E-state index in [9.17, 15) is 4.79 Å². The summed E-state index contributed by atoms with van der Waals surface area (Å²) >= 11 is 0. The van der Waals surface area contributed by atoms with Gasteiger partial charge in [0.2, 0.25) is 0 Å². The average Bonchev–Trinajstić information content (AvgIpc) is 3.43. The van der Waals surface area contributed by atoms with E-state index in [0.717, 1.165) is 64.3 Å². The van der Waals surface area contributed by atoms with Crippen LogP contribution in [0.2, 0.25) is 0 Å². The van der Waals surface area contributed by atoms with E-state index in [2.05, 4.69) is 54.0 Å². The van der Waals surface area contributed by atoms with Crippen molar-refractivity contribution in [3.63, 3.8) is 0 Å². The van der Waals surface area contributed by atoms with Gasteiger partial charge in [-0.15, -0.1) is 0 Å². The largest absolute Gasteiger partial charge is 0.367 e. The molecule has 6 nitrogen and oxygen atoms in total. The first-order valence-corrected chi connectivity index (χ1v) is 10.9. The Kier molecular flexibility index (Phi) is 4.65. The Morgan fingerprint density at radius 3 is 2.58 bits per heavy atom. The van der Waals surface area contributed by atoms with Crippen LogP contribution in [-0.4, -0.2) is 32.9 Å². The van der Waals surface area contributed by atoms with Crippen molar-refractivity contribution >= 4 is 28.4 Å². The Bertz CT molecular complexity index is 1330. The third-order valence-corrected chi connectivity index (χ3v) is 6.06. The molecular formula is C25H27N5O. The lowest BCUT2D eigenvalue weighted by molar-refractivity contribution is 0.0950. The molecule has 0 spiro atoms. The summed E-state index contributed by atoms with van der Waals surface area (Å²) in [4.78, 5) is 22.1. The summed E-state index contributed by atoms with van der Waals surface area (Å²) in [5.41, 5.74) is 8.91. The molecule has 1 aliphatic rings. The van der Waals surface area contributed by atoms with Crippen LogP contribution in [0.25, 0.3) is 27.9 Å². The third kappa shape index (κ3) is 3.42. The number of fused-ring (bicyclic) bond motifs is 3. The number of aryl methyl sites for hydroxylation is 3. The molecule has 0 bridgehead atoms. The van der Waals surface area contributed by atoms with Crippen molar-refractivity contribution in [2.75, 3.05) is 11.9 Å². The lowest BCUT2D eigenvalue weighted by Gasteiger charge is -2.13. The van der Waals surface area contributed by atoms with Crippen LogP contribution in [0.4, 0.5) is 5.82 Å². The molecule has 31 heavy (non-hydrogen) atoms. The molecular weight excluding hydrogens is 386 g/mol. The fraction of sp³-hybridized carbons (Fsp3) is 0.320. The van der Waals surface area contributed by atoms with Crippen LogP contribution in [0.3, 0.4) is 0 Å². The molecule has 0 saturated heterocycles. The standard InChI is InChI=1S/C25H27N5O/c1-5-26-23-24-27-13-22(30(24)21-12-15(3)14(2)11-20(21)29-23)17-6-9-19(16(4)10-17)25(31)28-18-7-8-18/h6,9-13,18H,5,7-8H2,1-4H3,(H,26,29)(H,28,31).